The fraction of sp³-hybridized carbons (Fsp3) is 0.371. The predicted molar refractivity (Wildman–Crippen MR) is 163 cm³/mol. The molecule has 0 aromatic heterocycles. The Morgan fingerprint density at radius 3 is 2.18 bits per heavy atom. The lowest BCUT2D eigenvalue weighted by Crippen LogP contribution is -2.55. The Balaban J connectivity index is 1.15. The van der Waals surface area contributed by atoms with E-state index in [1.807, 2.05) is 73.7 Å². The lowest BCUT2D eigenvalue weighted by Gasteiger charge is -2.30. The van der Waals surface area contributed by atoms with Crippen molar-refractivity contribution in [1.29, 1.82) is 0 Å². The van der Waals surface area contributed by atoms with Crippen LogP contribution in [0.2, 0.25) is 0 Å². The number of esters is 1. The van der Waals surface area contributed by atoms with Crippen molar-refractivity contribution >= 4 is 23.9 Å². The molecule has 3 amide bonds. The van der Waals surface area contributed by atoms with Crippen LogP contribution >= 0.6 is 0 Å². The Hall–Kier alpha value is -4.50. The van der Waals surface area contributed by atoms with Crippen molar-refractivity contribution in [2.75, 3.05) is 26.2 Å². The number of hydrogen-bond acceptors (Lipinski definition) is 7. The van der Waals surface area contributed by atoms with Gasteiger partial charge in [0.25, 0.3) is 5.91 Å². The molecular formula is C35H37N3O6. The van der Waals surface area contributed by atoms with Gasteiger partial charge in [0, 0.05) is 12.5 Å². The largest absolute Gasteiger partial charge is 0.459 e. The quantitative estimate of drug-likeness (QED) is 0.302. The van der Waals surface area contributed by atoms with Gasteiger partial charge in [0.05, 0.1) is 6.04 Å². The normalized spacial score (nSPS) is 20.6. The number of benzene rings is 3. The summed E-state index contributed by atoms with van der Waals surface area (Å²) in [5, 5.41) is 3.16. The molecule has 2 saturated heterocycles. The third-order valence-corrected chi connectivity index (χ3v) is 8.82. The first kappa shape index (κ1) is 29.6. The number of carbonyl (C=O) groups excluding carboxylic acids is 4. The van der Waals surface area contributed by atoms with Crippen LogP contribution in [-0.2, 0) is 30.5 Å². The number of ether oxygens (including phenoxy) is 2. The van der Waals surface area contributed by atoms with Crippen molar-refractivity contribution in [3.8, 4) is 11.1 Å². The van der Waals surface area contributed by atoms with Gasteiger partial charge in [0.2, 0.25) is 5.91 Å². The summed E-state index contributed by atoms with van der Waals surface area (Å²) in [6.45, 7) is 2.63. The van der Waals surface area contributed by atoms with E-state index < -0.39 is 42.5 Å². The lowest BCUT2D eigenvalue weighted by atomic mass is 9.98. The summed E-state index contributed by atoms with van der Waals surface area (Å²) in [7, 11) is 0. The number of hydrogen-bond donors (Lipinski definition) is 1. The minimum atomic E-state index is -0.907. The van der Waals surface area contributed by atoms with E-state index in [1.54, 1.807) is 0 Å². The number of carbonyl (C=O) groups is 4. The molecule has 2 aliphatic heterocycles. The first-order valence-corrected chi connectivity index (χ1v) is 15.3. The second-order valence-electron chi connectivity index (χ2n) is 11.9. The fourth-order valence-electron chi connectivity index (χ4n) is 6.56. The average Bonchev–Trinajstić information content (AvgIpc) is 3.79. The third kappa shape index (κ3) is 6.10. The standard InChI is InChI=1S/C35H37N3O6/c1-23-18-30(36-19-23)33(40)38(20-32(39)43-21-24-10-3-2-4-11-24)34(41)31-16-9-17-37(31)35(42)44-22-29-27-14-7-5-12-25(27)26-13-6-8-15-28(26)29/h2-8,10-15,23,29-31,36H,9,16-22H2,1H3/t23-,30-,31-/m0/s1. The van der Waals surface area contributed by atoms with Gasteiger partial charge in [-0.1, -0.05) is 85.8 Å². The van der Waals surface area contributed by atoms with Crippen molar-refractivity contribution in [3.05, 3.63) is 95.6 Å². The average molecular weight is 596 g/mol. The van der Waals surface area contributed by atoms with Gasteiger partial charge in [-0.15, -0.1) is 0 Å². The van der Waals surface area contributed by atoms with E-state index >= 15 is 0 Å². The van der Waals surface area contributed by atoms with Gasteiger partial charge in [0.15, 0.2) is 0 Å². The topological polar surface area (TPSA) is 105 Å². The number of rotatable bonds is 8. The van der Waals surface area contributed by atoms with Gasteiger partial charge in [-0.2, -0.15) is 0 Å². The highest BCUT2D eigenvalue weighted by atomic mass is 16.6. The highest BCUT2D eigenvalue weighted by Gasteiger charge is 2.43. The molecule has 1 N–H and O–H groups in total. The fourth-order valence-corrected chi connectivity index (χ4v) is 6.56. The summed E-state index contributed by atoms with van der Waals surface area (Å²) in [6.07, 6.45) is 0.914. The van der Waals surface area contributed by atoms with Crippen LogP contribution in [0.1, 0.15) is 48.8 Å². The SMILES string of the molecule is C[C@@H]1CN[C@H](C(=O)N(CC(=O)OCc2ccccc2)C(=O)[C@@H]2CCCN2C(=O)OCC2c3ccccc3-c3ccccc32)C1. The Bertz CT molecular complexity index is 1500. The molecule has 6 rings (SSSR count). The summed E-state index contributed by atoms with van der Waals surface area (Å²) >= 11 is 0. The molecule has 2 heterocycles. The summed E-state index contributed by atoms with van der Waals surface area (Å²) in [6, 6.07) is 23.9. The highest BCUT2D eigenvalue weighted by Crippen LogP contribution is 2.44. The monoisotopic (exact) mass is 595 g/mol. The first-order chi connectivity index (χ1) is 21.4. The van der Waals surface area contributed by atoms with Crippen molar-refractivity contribution in [3.63, 3.8) is 0 Å². The zero-order valence-corrected chi connectivity index (χ0v) is 24.8. The zero-order valence-electron chi connectivity index (χ0n) is 24.8. The van der Waals surface area contributed by atoms with E-state index in [0.717, 1.165) is 32.7 Å². The molecule has 1 aliphatic carbocycles. The Kier molecular flexibility index (Phi) is 8.74. The van der Waals surface area contributed by atoms with Crippen LogP contribution in [0.4, 0.5) is 4.79 Å². The first-order valence-electron chi connectivity index (χ1n) is 15.3. The van der Waals surface area contributed by atoms with Crippen molar-refractivity contribution in [2.24, 2.45) is 5.92 Å². The number of likely N-dealkylation sites (tertiary alicyclic amines) is 1. The van der Waals surface area contributed by atoms with Crippen LogP contribution in [0.15, 0.2) is 78.9 Å². The lowest BCUT2D eigenvalue weighted by molar-refractivity contribution is -0.158. The van der Waals surface area contributed by atoms with E-state index in [-0.39, 0.29) is 25.0 Å². The summed E-state index contributed by atoms with van der Waals surface area (Å²) in [5.74, 6) is -1.60. The van der Waals surface area contributed by atoms with Crippen molar-refractivity contribution in [2.45, 2.75) is 50.8 Å². The van der Waals surface area contributed by atoms with Gasteiger partial charge in [-0.05, 0) is 59.5 Å². The molecule has 0 radical (unpaired) electrons. The number of nitrogens with one attached hydrogen (secondary N) is 1. The Morgan fingerprint density at radius 1 is 0.864 bits per heavy atom. The van der Waals surface area contributed by atoms with E-state index in [1.165, 1.54) is 4.90 Å². The molecule has 0 spiro atoms. The predicted octanol–water partition coefficient (Wildman–Crippen LogP) is 4.50. The van der Waals surface area contributed by atoms with E-state index in [2.05, 4.69) is 17.4 Å². The molecule has 228 valence electrons. The highest BCUT2D eigenvalue weighted by molar-refractivity contribution is 6.03. The van der Waals surface area contributed by atoms with Crippen LogP contribution in [0.5, 0.6) is 0 Å². The zero-order chi connectivity index (χ0) is 30.6. The minimum absolute atomic E-state index is 0.0317. The summed E-state index contributed by atoms with van der Waals surface area (Å²) in [5.41, 5.74) is 5.25. The summed E-state index contributed by atoms with van der Waals surface area (Å²) in [4.78, 5) is 56.3. The second-order valence-corrected chi connectivity index (χ2v) is 11.9. The smallest absolute Gasteiger partial charge is 0.410 e. The van der Waals surface area contributed by atoms with E-state index in [9.17, 15) is 19.2 Å². The molecule has 2 fully saturated rings. The maximum Gasteiger partial charge on any atom is 0.410 e. The number of amides is 3. The Labute approximate surface area is 257 Å². The van der Waals surface area contributed by atoms with Gasteiger partial charge >= 0.3 is 12.1 Å². The Morgan fingerprint density at radius 2 is 1.52 bits per heavy atom. The van der Waals surface area contributed by atoms with E-state index in [4.69, 9.17) is 9.47 Å². The molecule has 44 heavy (non-hydrogen) atoms. The molecule has 0 bridgehead atoms. The maximum absolute atomic E-state index is 14.0. The van der Waals surface area contributed by atoms with Crippen LogP contribution < -0.4 is 5.32 Å². The van der Waals surface area contributed by atoms with Crippen molar-refractivity contribution in [1.82, 2.24) is 15.1 Å². The number of nitrogens with zero attached hydrogens (tertiary/aromatic N) is 2. The molecule has 0 unspecified atom stereocenters. The van der Waals surface area contributed by atoms with Crippen LogP contribution in [0.25, 0.3) is 11.1 Å². The third-order valence-electron chi connectivity index (χ3n) is 8.82. The molecule has 0 saturated carbocycles. The van der Waals surface area contributed by atoms with Gasteiger partial charge in [0.1, 0.15) is 25.8 Å². The summed E-state index contributed by atoms with van der Waals surface area (Å²) < 4.78 is 11.3. The van der Waals surface area contributed by atoms with Gasteiger partial charge in [-0.3, -0.25) is 24.2 Å². The van der Waals surface area contributed by atoms with Crippen LogP contribution in [-0.4, -0.2) is 72.0 Å². The molecule has 3 aromatic carbocycles. The molecule has 3 atom stereocenters. The number of fused-ring (bicyclic) bond motifs is 3. The molecule has 3 aliphatic rings. The van der Waals surface area contributed by atoms with Crippen LogP contribution in [0, 0.1) is 5.92 Å². The minimum Gasteiger partial charge on any atom is -0.459 e. The molecular weight excluding hydrogens is 558 g/mol. The molecule has 9 nitrogen and oxygen atoms in total. The molecule has 3 aromatic rings. The maximum atomic E-state index is 14.0. The van der Waals surface area contributed by atoms with Gasteiger partial charge in [-0.25, -0.2) is 4.79 Å². The second kappa shape index (κ2) is 13.0. The van der Waals surface area contributed by atoms with Crippen LogP contribution in [0.3, 0.4) is 0 Å². The van der Waals surface area contributed by atoms with E-state index in [0.29, 0.717) is 32.4 Å². The van der Waals surface area contributed by atoms with Gasteiger partial charge < -0.3 is 14.8 Å². The number of imide groups is 1. The van der Waals surface area contributed by atoms with Crippen molar-refractivity contribution < 1.29 is 28.7 Å². The molecule has 9 heteroatoms.